The average molecular weight is 247 g/mol. The van der Waals surface area contributed by atoms with Gasteiger partial charge < -0.3 is 5.73 Å². The van der Waals surface area contributed by atoms with E-state index in [9.17, 15) is 9.59 Å². The number of nitrogens with two attached hydrogens (primary N) is 1. The summed E-state index contributed by atoms with van der Waals surface area (Å²) >= 11 is 0. The number of fused-ring (bicyclic) bond motifs is 1. The lowest BCUT2D eigenvalue weighted by molar-refractivity contribution is 0.0414. The number of hydrogen-bond acceptors (Lipinski definition) is 4. The Morgan fingerprint density at radius 1 is 1.22 bits per heavy atom. The Labute approximate surface area is 106 Å². The molecule has 96 valence electrons. The molecule has 0 saturated heterocycles. The summed E-state index contributed by atoms with van der Waals surface area (Å²) < 4.78 is 0. The molecule has 2 amide bonds. The molecule has 0 unspecified atom stereocenters. The molecule has 0 saturated carbocycles. The minimum atomic E-state index is -0.590. The maximum Gasteiger partial charge on any atom is 0.263 e. The number of nitrogens with zero attached hydrogens (tertiary/aromatic N) is 2. The fourth-order valence-corrected chi connectivity index (χ4v) is 2.46. The summed E-state index contributed by atoms with van der Waals surface area (Å²) in [4.78, 5) is 29.9. The van der Waals surface area contributed by atoms with Gasteiger partial charge in [0.05, 0.1) is 16.7 Å². The predicted octanol–water partition coefficient (Wildman–Crippen LogP) is 1.20. The van der Waals surface area contributed by atoms with Crippen LogP contribution in [0.3, 0.4) is 0 Å². The number of rotatable bonds is 4. The molecular formula is C13H17N3O2. The molecule has 0 bridgehead atoms. The molecule has 0 radical (unpaired) electrons. The van der Waals surface area contributed by atoms with Crippen LogP contribution in [0.1, 0.15) is 47.4 Å². The van der Waals surface area contributed by atoms with Gasteiger partial charge in [0.1, 0.15) is 0 Å². The lowest BCUT2D eigenvalue weighted by Crippen LogP contribution is -2.55. The smallest absolute Gasteiger partial charge is 0.263 e. The molecule has 2 N–H and O–H groups in total. The molecule has 18 heavy (non-hydrogen) atoms. The van der Waals surface area contributed by atoms with E-state index in [0.29, 0.717) is 24.0 Å². The number of imide groups is 1. The molecular weight excluding hydrogens is 230 g/mol. The Morgan fingerprint density at radius 3 is 2.33 bits per heavy atom. The molecule has 0 aliphatic carbocycles. The first-order chi connectivity index (χ1) is 8.61. The van der Waals surface area contributed by atoms with Crippen molar-refractivity contribution in [3.63, 3.8) is 0 Å². The zero-order valence-corrected chi connectivity index (χ0v) is 10.6. The fraction of sp³-hybridized carbons (Fsp3) is 0.462. The van der Waals surface area contributed by atoms with E-state index < -0.39 is 5.54 Å². The molecule has 5 heteroatoms. The summed E-state index contributed by atoms with van der Waals surface area (Å²) in [6.07, 6.45) is 4.27. The van der Waals surface area contributed by atoms with E-state index in [1.807, 2.05) is 13.8 Å². The Balaban J connectivity index is 2.51. The van der Waals surface area contributed by atoms with Crippen molar-refractivity contribution in [3.05, 3.63) is 29.6 Å². The first kappa shape index (κ1) is 12.7. The maximum atomic E-state index is 12.4. The van der Waals surface area contributed by atoms with Gasteiger partial charge in [-0.25, -0.2) is 0 Å². The molecule has 0 spiro atoms. The van der Waals surface area contributed by atoms with E-state index in [4.69, 9.17) is 5.73 Å². The number of carbonyl (C=O) groups is 2. The third-order valence-electron chi connectivity index (χ3n) is 3.86. The average Bonchev–Trinajstić information content (AvgIpc) is 2.67. The highest BCUT2D eigenvalue weighted by atomic mass is 16.2. The summed E-state index contributed by atoms with van der Waals surface area (Å²) in [5.41, 5.74) is 6.02. The van der Waals surface area contributed by atoms with Crippen molar-refractivity contribution in [3.8, 4) is 0 Å². The van der Waals surface area contributed by atoms with Crippen molar-refractivity contribution < 1.29 is 9.59 Å². The monoisotopic (exact) mass is 247 g/mol. The number of pyridine rings is 1. The minimum absolute atomic E-state index is 0.258. The van der Waals surface area contributed by atoms with Crippen LogP contribution in [0, 0.1) is 0 Å². The second kappa shape index (κ2) is 4.49. The molecule has 1 aromatic heterocycles. The van der Waals surface area contributed by atoms with Gasteiger partial charge in [-0.15, -0.1) is 0 Å². The highest BCUT2D eigenvalue weighted by molar-refractivity contribution is 6.21. The van der Waals surface area contributed by atoms with Crippen LogP contribution in [0.2, 0.25) is 0 Å². The van der Waals surface area contributed by atoms with Crippen LogP contribution in [0.25, 0.3) is 0 Å². The maximum absolute atomic E-state index is 12.4. The van der Waals surface area contributed by atoms with E-state index in [-0.39, 0.29) is 18.4 Å². The number of hydrogen-bond donors (Lipinski definition) is 1. The third kappa shape index (κ3) is 1.54. The van der Waals surface area contributed by atoms with Crippen LogP contribution in [-0.4, -0.2) is 33.8 Å². The second-order valence-electron chi connectivity index (χ2n) is 4.50. The summed E-state index contributed by atoms with van der Waals surface area (Å²) in [7, 11) is 0. The van der Waals surface area contributed by atoms with Crippen LogP contribution < -0.4 is 5.73 Å². The summed E-state index contributed by atoms with van der Waals surface area (Å²) in [6, 6.07) is 1.59. The highest BCUT2D eigenvalue weighted by Gasteiger charge is 2.46. The molecule has 1 aliphatic heterocycles. The Kier molecular flexibility index (Phi) is 3.17. The van der Waals surface area contributed by atoms with E-state index in [1.165, 1.54) is 17.3 Å². The van der Waals surface area contributed by atoms with Gasteiger partial charge in [0, 0.05) is 18.9 Å². The van der Waals surface area contributed by atoms with E-state index in [1.54, 1.807) is 6.07 Å². The normalized spacial score (nSPS) is 15.2. The number of aromatic nitrogens is 1. The molecule has 0 aromatic carbocycles. The first-order valence-electron chi connectivity index (χ1n) is 6.14. The molecule has 0 atom stereocenters. The van der Waals surface area contributed by atoms with Crippen LogP contribution in [0.4, 0.5) is 0 Å². The summed E-state index contributed by atoms with van der Waals surface area (Å²) in [5.74, 6) is -0.538. The molecule has 2 heterocycles. The Morgan fingerprint density at radius 2 is 1.83 bits per heavy atom. The Hall–Kier alpha value is -1.75. The zero-order valence-electron chi connectivity index (χ0n) is 10.6. The van der Waals surface area contributed by atoms with Crippen LogP contribution in [0.15, 0.2) is 18.5 Å². The molecule has 1 aromatic rings. The summed E-state index contributed by atoms with van der Waals surface area (Å²) in [5, 5.41) is 0. The Bertz CT molecular complexity index is 451. The van der Waals surface area contributed by atoms with Gasteiger partial charge in [0.25, 0.3) is 11.8 Å². The van der Waals surface area contributed by atoms with E-state index >= 15 is 0 Å². The second-order valence-corrected chi connectivity index (χ2v) is 4.50. The zero-order chi connectivity index (χ0) is 13.3. The van der Waals surface area contributed by atoms with E-state index in [0.717, 1.165) is 0 Å². The first-order valence-corrected chi connectivity index (χ1v) is 6.14. The van der Waals surface area contributed by atoms with Gasteiger partial charge in [0.15, 0.2) is 0 Å². The summed E-state index contributed by atoms with van der Waals surface area (Å²) in [6.45, 7) is 4.16. The topological polar surface area (TPSA) is 76.3 Å². The van der Waals surface area contributed by atoms with Gasteiger partial charge >= 0.3 is 0 Å². The SMILES string of the molecule is CCC(CC)(CN)N1C(=O)c2ccncc2C1=O. The highest BCUT2D eigenvalue weighted by Crippen LogP contribution is 2.32. The van der Waals surface area contributed by atoms with Crippen molar-refractivity contribution in [2.45, 2.75) is 32.2 Å². The van der Waals surface area contributed by atoms with Gasteiger partial charge in [-0.2, -0.15) is 0 Å². The number of amides is 2. The molecule has 2 rings (SSSR count). The van der Waals surface area contributed by atoms with Gasteiger partial charge in [-0.1, -0.05) is 13.8 Å². The molecule has 5 nitrogen and oxygen atoms in total. The van der Waals surface area contributed by atoms with Crippen LogP contribution in [0.5, 0.6) is 0 Å². The minimum Gasteiger partial charge on any atom is -0.328 e. The predicted molar refractivity (Wildman–Crippen MR) is 67.1 cm³/mol. The van der Waals surface area contributed by atoms with Crippen molar-refractivity contribution >= 4 is 11.8 Å². The van der Waals surface area contributed by atoms with Crippen molar-refractivity contribution in [2.75, 3.05) is 6.54 Å². The molecule has 1 aliphatic rings. The fourth-order valence-electron chi connectivity index (χ4n) is 2.46. The third-order valence-corrected chi connectivity index (χ3v) is 3.86. The van der Waals surface area contributed by atoms with Gasteiger partial charge in [0.2, 0.25) is 0 Å². The van der Waals surface area contributed by atoms with Gasteiger partial charge in [-0.05, 0) is 18.9 Å². The van der Waals surface area contributed by atoms with E-state index in [2.05, 4.69) is 4.98 Å². The lowest BCUT2D eigenvalue weighted by Gasteiger charge is -2.38. The van der Waals surface area contributed by atoms with Crippen LogP contribution >= 0.6 is 0 Å². The quantitative estimate of drug-likeness (QED) is 0.811. The largest absolute Gasteiger partial charge is 0.328 e. The standard InChI is InChI=1S/C13H17N3O2/c1-3-13(4-2,8-14)16-11(17)9-5-6-15-7-10(9)12(16)18/h5-7H,3-4,8,14H2,1-2H3. The number of carbonyl (C=O) groups excluding carboxylic acids is 2. The van der Waals surface area contributed by atoms with Crippen LogP contribution in [-0.2, 0) is 0 Å². The van der Waals surface area contributed by atoms with Crippen molar-refractivity contribution in [1.29, 1.82) is 0 Å². The lowest BCUT2D eigenvalue weighted by atomic mass is 9.90. The van der Waals surface area contributed by atoms with Crippen molar-refractivity contribution in [2.24, 2.45) is 5.73 Å². The molecule has 0 fully saturated rings. The van der Waals surface area contributed by atoms with Crippen molar-refractivity contribution in [1.82, 2.24) is 9.88 Å². The van der Waals surface area contributed by atoms with Gasteiger partial charge in [-0.3, -0.25) is 19.5 Å².